The predicted molar refractivity (Wildman–Crippen MR) is 61.3 cm³/mol. The number of aromatic nitrogens is 2. The van der Waals surface area contributed by atoms with Crippen LogP contribution in [0, 0.1) is 5.92 Å². The Morgan fingerprint density at radius 3 is 2.53 bits per heavy atom. The molecule has 1 unspecified atom stereocenters. The number of nitrogens with one attached hydrogen (secondary N) is 1. The van der Waals surface area contributed by atoms with Crippen LogP contribution in [-0.2, 0) is 6.18 Å². The first-order chi connectivity index (χ1) is 7.84. The SMILES string of the molecule is CNCC(C)CN(C)c1nnc(C(F)(F)F)s1. The van der Waals surface area contributed by atoms with Crippen LogP contribution in [0.5, 0.6) is 0 Å². The van der Waals surface area contributed by atoms with Gasteiger partial charge in [-0.05, 0) is 19.5 Å². The molecule has 0 radical (unpaired) electrons. The van der Waals surface area contributed by atoms with E-state index in [4.69, 9.17) is 0 Å². The second-order valence-corrected chi connectivity index (χ2v) is 4.89. The Labute approximate surface area is 102 Å². The molecular formula is C9H15F3N4S. The highest BCUT2D eigenvalue weighted by atomic mass is 32.1. The van der Waals surface area contributed by atoms with Gasteiger partial charge in [0, 0.05) is 13.6 Å². The number of alkyl halides is 3. The molecule has 1 atom stereocenters. The summed E-state index contributed by atoms with van der Waals surface area (Å²) in [5, 5.41) is 9.10. The Morgan fingerprint density at radius 2 is 2.06 bits per heavy atom. The van der Waals surface area contributed by atoms with Crippen molar-refractivity contribution in [1.29, 1.82) is 0 Å². The van der Waals surface area contributed by atoms with Crippen LogP contribution in [0.2, 0.25) is 0 Å². The Balaban J connectivity index is 2.64. The molecule has 0 amide bonds. The van der Waals surface area contributed by atoms with Crippen LogP contribution < -0.4 is 10.2 Å². The van der Waals surface area contributed by atoms with Gasteiger partial charge in [-0.1, -0.05) is 18.3 Å². The van der Waals surface area contributed by atoms with Crippen molar-refractivity contribution >= 4 is 16.5 Å². The highest BCUT2D eigenvalue weighted by molar-refractivity contribution is 7.15. The number of rotatable bonds is 5. The maximum Gasteiger partial charge on any atom is 0.445 e. The Hall–Kier alpha value is -0.890. The number of halogens is 3. The molecule has 0 aliphatic heterocycles. The minimum atomic E-state index is -4.41. The minimum Gasteiger partial charge on any atom is -0.349 e. The van der Waals surface area contributed by atoms with Gasteiger partial charge in [0.05, 0.1) is 0 Å². The van der Waals surface area contributed by atoms with Crippen molar-refractivity contribution in [2.24, 2.45) is 5.92 Å². The molecule has 17 heavy (non-hydrogen) atoms. The smallest absolute Gasteiger partial charge is 0.349 e. The molecule has 1 aromatic rings. The monoisotopic (exact) mass is 268 g/mol. The van der Waals surface area contributed by atoms with E-state index < -0.39 is 11.2 Å². The molecule has 0 saturated heterocycles. The lowest BCUT2D eigenvalue weighted by Crippen LogP contribution is -2.29. The van der Waals surface area contributed by atoms with Crippen LogP contribution in [-0.4, -0.2) is 37.4 Å². The van der Waals surface area contributed by atoms with Crippen LogP contribution in [0.25, 0.3) is 0 Å². The molecule has 1 rings (SSSR count). The molecular weight excluding hydrogens is 253 g/mol. The zero-order chi connectivity index (χ0) is 13.1. The van der Waals surface area contributed by atoms with Gasteiger partial charge in [-0.25, -0.2) is 0 Å². The van der Waals surface area contributed by atoms with Crippen molar-refractivity contribution in [3.8, 4) is 0 Å². The lowest BCUT2D eigenvalue weighted by molar-refractivity contribution is -0.138. The molecule has 0 aromatic carbocycles. The summed E-state index contributed by atoms with van der Waals surface area (Å²) < 4.78 is 37.0. The molecule has 0 bridgehead atoms. The van der Waals surface area contributed by atoms with Gasteiger partial charge in [0.15, 0.2) is 0 Å². The fraction of sp³-hybridized carbons (Fsp3) is 0.778. The lowest BCUT2D eigenvalue weighted by Gasteiger charge is -2.19. The number of hydrogen-bond donors (Lipinski definition) is 1. The predicted octanol–water partition coefficient (Wildman–Crippen LogP) is 1.85. The average Bonchev–Trinajstić information content (AvgIpc) is 2.65. The van der Waals surface area contributed by atoms with Crippen molar-refractivity contribution in [2.75, 3.05) is 32.1 Å². The third-order valence-electron chi connectivity index (χ3n) is 2.12. The fourth-order valence-corrected chi connectivity index (χ4v) is 2.13. The largest absolute Gasteiger partial charge is 0.445 e. The third kappa shape index (κ3) is 4.12. The van der Waals surface area contributed by atoms with Gasteiger partial charge in [-0.15, -0.1) is 10.2 Å². The highest BCUT2D eigenvalue weighted by Gasteiger charge is 2.36. The van der Waals surface area contributed by atoms with E-state index in [-0.39, 0.29) is 0 Å². The molecule has 8 heteroatoms. The van der Waals surface area contributed by atoms with Gasteiger partial charge >= 0.3 is 6.18 Å². The number of nitrogens with zero attached hydrogens (tertiary/aromatic N) is 3. The summed E-state index contributed by atoms with van der Waals surface area (Å²) >= 11 is 0.566. The van der Waals surface area contributed by atoms with Crippen molar-refractivity contribution in [3.05, 3.63) is 5.01 Å². The van der Waals surface area contributed by atoms with Crippen LogP contribution in [0.15, 0.2) is 0 Å². The Kier molecular flexibility index (Phi) is 4.70. The topological polar surface area (TPSA) is 41.0 Å². The molecule has 0 fully saturated rings. The molecule has 4 nitrogen and oxygen atoms in total. The van der Waals surface area contributed by atoms with Gasteiger partial charge in [0.25, 0.3) is 0 Å². The average molecular weight is 268 g/mol. The Morgan fingerprint density at radius 1 is 1.41 bits per heavy atom. The van der Waals surface area contributed by atoms with E-state index in [0.29, 0.717) is 28.9 Å². The third-order valence-corrected chi connectivity index (χ3v) is 3.20. The van der Waals surface area contributed by atoms with E-state index in [1.807, 2.05) is 14.0 Å². The van der Waals surface area contributed by atoms with E-state index in [0.717, 1.165) is 6.54 Å². The number of anilines is 1. The van der Waals surface area contributed by atoms with Crippen molar-refractivity contribution < 1.29 is 13.2 Å². The van der Waals surface area contributed by atoms with Gasteiger partial charge in [-0.3, -0.25) is 0 Å². The van der Waals surface area contributed by atoms with Crippen LogP contribution in [0.3, 0.4) is 0 Å². The maximum absolute atomic E-state index is 12.3. The summed E-state index contributed by atoms with van der Waals surface area (Å²) in [5.74, 6) is 0.322. The van der Waals surface area contributed by atoms with Crippen LogP contribution in [0.4, 0.5) is 18.3 Å². The lowest BCUT2D eigenvalue weighted by atomic mass is 10.2. The summed E-state index contributed by atoms with van der Waals surface area (Å²) in [5.41, 5.74) is 0. The standard InChI is InChI=1S/C9H15F3N4S/c1-6(4-13-2)5-16(3)8-15-14-7(17-8)9(10,11)12/h6,13H,4-5H2,1-3H3. The quantitative estimate of drug-likeness (QED) is 0.885. The molecule has 1 aromatic heterocycles. The maximum atomic E-state index is 12.3. The summed E-state index contributed by atoms with van der Waals surface area (Å²) in [6, 6.07) is 0. The van der Waals surface area contributed by atoms with Gasteiger partial charge < -0.3 is 10.2 Å². The van der Waals surface area contributed by atoms with E-state index >= 15 is 0 Å². The summed E-state index contributed by atoms with van der Waals surface area (Å²) in [6.45, 7) is 3.45. The van der Waals surface area contributed by atoms with Crippen molar-refractivity contribution in [3.63, 3.8) is 0 Å². The molecule has 1 heterocycles. The minimum absolute atomic E-state index is 0.292. The fourth-order valence-electron chi connectivity index (χ4n) is 1.44. The zero-order valence-electron chi connectivity index (χ0n) is 9.88. The summed E-state index contributed by atoms with van der Waals surface area (Å²) in [7, 11) is 3.55. The second-order valence-electron chi connectivity index (χ2n) is 3.93. The van der Waals surface area contributed by atoms with E-state index in [2.05, 4.69) is 15.5 Å². The highest BCUT2D eigenvalue weighted by Crippen LogP contribution is 2.34. The Bertz CT molecular complexity index is 352. The molecule has 0 aliphatic rings. The second kappa shape index (κ2) is 5.63. The molecule has 0 spiro atoms. The van der Waals surface area contributed by atoms with E-state index in [9.17, 15) is 13.2 Å². The van der Waals surface area contributed by atoms with Gasteiger partial charge in [-0.2, -0.15) is 13.2 Å². The van der Waals surface area contributed by atoms with Gasteiger partial charge in [0.2, 0.25) is 10.1 Å². The summed E-state index contributed by atoms with van der Waals surface area (Å²) in [4.78, 5) is 1.69. The normalized spacial score (nSPS) is 13.8. The summed E-state index contributed by atoms with van der Waals surface area (Å²) in [6.07, 6.45) is -4.41. The van der Waals surface area contributed by atoms with Crippen molar-refractivity contribution in [1.82, 2.24) is 15.5 Å². The van der Waals surface area contributed by atoms with Crippen LogP contribution in [0.1, 0.15) is 11.9 Å². The van der Waals surface area contributed by atoms with Gasteiger partial charge in [0.1, 0.15) is 0 Å². The molecule has 98 valence electrons. The van der Waals surface area contributed by atoms with E-state index in [1.54, 1.807) is 11.9 Å². The number of hydrogen-bond acceptors (Lipinski definition) is 5. The molecule has 0 saturated carbocycles. The first-order valence-corrected chi connectivity index (χ1v) is 5.92. The first-order valence-electron chi connectivity index (χ1n) is 5.11. The molecule has 0 aliphatic carbocycles. The van der Waals surface area contributed by atoms with Crippen LogP contribution >= 0.6 is 11.3 Å². The van der Waals surface area contributed by atoms with E-state index in [1.165, 1.54) is 0 Å². The molecule has 1 N–H and O–H groups in total. The zero-order valence-corrected chi connectivity index (χ0v) is 10.7. The van der Waals surface area contributed by atoms with Crippen molar-refractivity contribution in [2.45, 2.75) is 13.1 Å². The first kappa shape index (κ1) is 14.2.